The van der Waals surface area contributed by atoms with Crippen molar-refractivity contribution in [2.24, 2.45) is 17.8 Å². The van der Waals surface area contributed by atoms with Gasteiger partial charge in [-0.2, -0.15) is 0 Å². The van der Waals surface area contributed by atoms with Crippen LogP contribution < -0.4 is 5.32 Å². The Balaban J connectivity index is 2.10. The lowest BCUT2D eigenvalue weighted by molar-refractivity contribution is 0.0808. The Labute approximate surface area is 115 Å². The molecule has 0 radical (unpaired) electrons. The van der Waals surface area contributed by atoms with Gasteiger partial charge in [-0.15, -0.1) is 0 Å². The van der Waals surface area contributed by atoms with Crippen LogP contribution in [0.15, 0.2) is 0 Å². The molecule has 1 aliphatic heterocycles. The van der Waals surface area contributed by atoms with Gasteiger partial charge in [0.15, 0.2) is 0 Å². The van der Waals surface area contributed by atoms with E-state index >= 15 is 0 Å². The number of rotatable bonds is 7. The molecule has 0 aliphatic carbocycles. The zero-order valence-electron chi connectivity index (χ0n) is 13.2. The normalized spacial score (nSPS) is 30.0. The van der Waals surface area contributed by atoms with E-state index in [1.807, 2.05) is 0 Å². The van der Waals surface area contributed by atoms with E-state index < -0.39 is 0 Å². The van der Waals surface area contributed by atoms with E-state index in [0.29, 0.717) is 0 Å². The maximum absolute atomic E-state index is 3.60. The summed E-state index contributed by atoms with van der Waals surface area (Å²) in [5.74, 6) is 2.57. The molecule has 2 heteroatoms. The summed E-state index contributed by atoms with van der Waals surface area (Å²) in [7, 11) is 0. The van der Waals surface area contributed by atoms with Crippen LogP contribution in [0.2, 0.25) is 0 Å². The highest BCUT2D eigenvalue weighted by atomic mass is 15.2. The first kappa shape index (κ1) is 16.0. The molecule has 3 unspecified atom stereocenters. The van der Waals surface area contributed by atoms with Crippen LogP contribution in [0.4, 0.5) is 0 Å². The topological polar surface area (TPSA) is 15.3 Å². The Hall–Kier alpha value is -0.0800. The molecular formula is C16H34N2. The minimum atomic E-state index is 0.763. The molecule has 1 heterocycles. The van der Waals surface area contributed by atoms with E-state index in [4.69, 9.17) is 0 Å². The van der Waals surface area contributed by atoms with Crippen LogP contribution >= 0.6 is 0 Å². The van der Waals surface area contributed by atoms with Gasteiger partial charge >= 0.3 is 0 Å². The van der Waals surface area contributed by atoms with Crippen LogP contribution in [0, 0.1) is 17.8 Å². The zero-order valence-corrected chi connectivity index (χ0v) is 13.2. The van der Waals surface area contributed by atoms with Crippen LogP contribution in [-0.4, -0.2) is 37.1 Å². The van der Waals surface area contributed by atoms with Crippen molar-refractivity contribution in [3.63, 3.8) is 0 Å². The molecule has 0 amide bonds. The van der Waals surface area contributed by atoms with Crippen molar-refractivity contribution >= 4 is 0 Å². The fourth-order valence-electron chi connectivity index (χ4n) is 3.11. The molecule has 0 aromatic rings. The highest BCUT2D eigenvalue weighted by molar-refractivity contribution is 4.82. The summed E-state index contributed by atoms with van der Waals surface area (Å²) in [6, 6.07) is 0.763. The van der Waals surface area contributed by atoms with Gasteiger partial charge in [-0.25, -0.2) is 0 Å². The number of hydrogen-bond donors (Lipinski definition) is 1. The molecule has 108 valence electrons. The first-order valence-electron chi connectivity index (χ1n) is 7.95. The lowest BCUT2D eigenvalue weighted by atomic mass is 9.86. The molecule has 1 saturated heterocycles. The molecule has 0 bridgehead atoms. The summed E-state index contributed by atoms with van der Waals surface area (Å²) in [4.78, 5) is 2.67. The largest absolute Gasteiger partial charge is 0.315 e. The molecule has 0 aromatic heterocycles. The third-order valence-electron chi connectivity index (χ3n) is 4.43. The monoisotopic (exact) mass is 254 g/mol. The van der Waals surface area contributed by atoms with Crippen molar-refractivity contribution in [3.8, 4) is 0 Å². The highest BCUT2D eigenvalue weighted by Gasteiger charge is 2.27. The van der Waals surface area contributed by atoms with E-state index in [-0.39, 0.29) is 0 Å². The third-order valence-corrected chi connectivity index (χ3v) is 4.43. The fourth-order valence-corrected chi connectivity index (χ4v) is 3.11. The molecule has 0 spiro atoms. The van der Waals surface area contributed by atoms with Crippen molar-refractivity contribution in [2.45, 2.75) is 59.9 Å². The molecule has 18 heavy (non-hydrogen) atoms. The molecule has 0 saturated carbocycles. The summed E-state index contributed by atoms with van der Waals surface area (Å²) in [5, 5.41) is 3.60. The van der Waals surface area contributed by atoms with Gasteiger partial charge in [0.25, 0.3) is 0 Å². The summed E-state index contributed by atoms with van der Waals surface area (Å²) in [6.45, 7) is 16.7. The SMILES string of the molecule is CC(C)CCCNCCN1CC(C)CC(C)C1C. The Morgan fingerprint density at radius 1 is 1.17 bits per heavy atom. The Bertz CT molecular complexity index is 215. The van der Waals surface area contributed by atoms with E-state index in [9.17, 15) is 0 Å². The van der Waals surface area contributed by atoms with Crippen molar-refractivity contribution in [3.05, 3.63) is 0 Å². The average molecular weight is 254 g/mol. The van der Waals surface area contributed by atoms with E-state index in [2.05, 4.69) is 44.8 Å². The Kier molecular flexibility index (Phi) is 7.25. The van der Waals surface area contributed by atoms with Crippen LogP contribution in [0.5, 0.6) is 0 Å². The lowest BCUT2D eigenvalue weighted by Crippen LogP contribution is -2.48. The third kappa shape index (κ3) is 5.71. The predicted molar refractivity (Wildman–Crippen MR) is 80.9 cm³/mol. The molecule has 0 aromatic carbocycles. The van der Waals surface area contributed by atoms with Crippen molar-refractivity contribution in [2.75, 3.05) is 26.2 Å². The molecular weight excluding hydrogens is 220 g/mol. The van der Waals surface area contributed by atoms with Crippen LogP contribution in [0.25, 0.3) is 0 Å². The van der Waals surface area contributed by atoms with Gasteiger partial charge in [0.2, 0.25) is 0 Å². The summed E-state index contributed by atoms with van der Waals surface area (Å²) in [6.07, 6.45) is 4.07. The molecule has 1 N–H and O–H groups in total. The van der Waals surface area contributed by atoms with Crippen LogP contribution in [0.1, 0.15) is 53.9 Å². The molecule has 2 nitrogen and oxygen atoms in total. The number of nitrogens with zero attached hydrogens (tertiary/aromatic N) is 1. The maximum atomic E-state index is 3.60. The average Bonchev–Trinajstić information content (AvgIpc) is 2.29. The van der Waals surface area contributed by atoms with E-state index in [1.165, 1.54) is 38.9 Å². The first-order chi connectivity index (χ1) is 8.50. The molecule has 1 rings (SSSR count). The van der Waals surface area contributed by atoms with Crippen molar-refractivity contribution in [1.29, 1.82) is 0 Å². The second-order valence-corrected chi connectivity index (χ2v) is 6.84. The predicted octanol–water partition coefficient (Wildman–Crippen LogP) is 3.38. The van der Waals surface area contributed by atoms with Gasteiger partial charge in [-0.1, -0.05) is 27.7 Å². The van der Waals surface area contributed by atoms with Crippen molar-refractivity contribution < 1.29 is 0 Å². The number of nitrogens with one attached hydrogen (secondary N) is 1. The van der Waals surface area contributed by atoms with Gasteiger partial charge < -0.3 is 5.32 Å². The minimum absolute atomic E-state index is 0.763. The number of hydrogen-bond acceptors (Lipinski definition) is 2. The van der Waals surface area contributed by atoms with Gasteiger partial charge in [0.05, 0.1) is 0 Å². The van der Waals surface area contributed by atoms with Gasteiger partial charge in [-0.3, -0.25) is 4.90 Å². The van der Waals surface area contributed by atoms with Gasteiger partial charge in [0, 0.05) is 25.7 Å². The fraction of sp³-hybridized carbons (Fsp3) is 1.00. The quantitative estimate of drug-likeness (QED) is 0.701. The number of likely N-dealkylation sites (tertiary alicyclic amines) is 1. The standard InChI is InChI=1S/C16H34N2/c1-13(2)7-6-8-17-9-10-18-12-14(3)11-15(4)16(18)5/h13-17H,6-12H2,1-5H3. The smallest absolute Gasteiger partial charge is 0.0110 e. The summed E-state index contributed by atoms with van der Waals surface area (Å²) >= 11 is 0. The molecule has 1 fully saturated rings. The maximum Gasteiger partial charge on any atom is 0.0110 e. The van der Waals surface area contributed by atoms with Crippen LogP contribution in [-0.2, 0) is 0 Å². The Morgan fingerprint density at radius 3 is 2.56 bits per heavy atom. The van der Waals surface area contributed by atoms with E-state index in [0.717, 1.165) is 30.3 Å². The number of piperidine rings is 1. The van der Waals surface area contributed by atoms with Gasteiger partial charge in [0.1, 0.15) is 0 Å². The highest BCUT2D eigenvalue weighted by Crippen LogP contribution is 2.26. The van der Waals surface area contributed by atoms with Crippen LogP contribution in [0.3, 0.4) is 0 Å². The zero-order chi connectivity index (χ0) is 13.5. The Morgan fingerprint density at radius 2 is 1.89 bits per heavy atom. The van der Waals surface area contributed by atoms with Crippen molar-refractivity contribution in [1.82, 2.24) is 10.2 Å². The van der Waals surface area contributed by atoms with Gasteiger partial charge in [-0.05, 0) is 50.5 Å². The first-order valence-corrected chi connectivity index (χ1v) is 7.95. The summed E-state index contributed by atoms with van der Waals surface area (Å²) < 4.78 is 0. The minimum Gasteiger partial charge on any atom is -0.315 e. The molecule has 3 atom stereocenters. The summed E-state index contributed by atoms with van der Waals surface area (Å²) in [5.41, 5.74) is 0. The second kappa shape index (κ2) is 8.16. The second-order valence-electron chi connectivity index (χ2n) is 6.84. The lowest BCUT2D eigenvalue weighted by Gasteiger charge is -2.41. The molecule has 1 aliphatic rings. The van der Waals surface area contributed by atoms with E-state index in [1.54, 1.807) is 0 Å².